The lowest BCUT2D eigenvalue weighted by atomic mass is 10.3. The van der Waals surface area contributed by atoms with Crippen molar-refractivity contribution in [3.8, 4) is 12.3 Å². The maximum absolute atomic E-state index is 11.7. The lowest BCUT2D eigenvalue weighted by Gasteiger charge is -2.18. The van der Waals surface area contributed by atoms with Gasteiger partial charge in [-0.25, -0.2) is 4.79 Å². The molecule has 1 rings (SSSR count). The van der Waals surface area contributed by atoms with Crippen LogP contribution in [0.5, 0.6) is 0 Å². The van der Waals surface area contributed by atoms with Gasteiger partial charge in [0.15, 0.2) is 0 Å². The molecule has 1 aromatic carbocycles. The minimum Gasteiger partial charge on any atom is -0.314 e. The summed E-state index contributed by atoms with van der Waals surface area (Å²) in [6.07, 6.45) is 5.17. The molecule has 0 aliphatic heterocycles. The van der Waals surface area contributed by atoms with Crippen molar-refractivity contribution in [2.24, 2.45) is 0 Å². The molecule has 0 fully saturated rings. The second-order valence-corrected chi connectivity index (χ2v) is 3.60. The Morgan fingerprint density at radius 2 is 2.38 bits per heavy atom. The molecule has 84 valence electrons. The zero-order valence-electron chi connectivity index (χ0n) is 9.03. The molecule has 4 heteroatoms. The molecule has 0 aliphatic carbocycles. The van der Waals surface area contributed by atoms with E-state index in [2.05, 4.69) is 11.2 Å². The highest BCUT2D eigenvalue weighted by Gasteiger charge is 2.09. The summed E-state index contributed by atoms with van der Waals surface area (Å²) in [4.78, 5) is 13.2. The molecule has 0 saturated heterocycles. The van der Waals surface area contributed by atoms with Gasteiger partial charge in [0.1, 0.15) is 0 Å². The molecule has 0 heterocycles. The van der Waals surface area contributed by atoms with Crippen LogP contribution in [0.25, 0.3) is 0 Å². The number of nitrogens with zero attached hydrogens (tertiary/aromatic N) is 1. The van der Waals surface area contributed by atoms with Crippen molar-refractivity contribution < 1.29 is 4.79 Å². The lowest BCUT2D eigenvalue weighted by molar-refractivity contribution is 0.220. The van der Waals surface area contributed by atoms with Crippen molar-refractivity contribution in [2.75, 3.05) is 18.4 Å². The van der Waals surface area contributed by atoms with Crippen LogP contribution in [0.15, 0.2) is 24.3 Å². The zero-order valence-corrected chi connectivity index (χ0v) is 9.79. The molecule has 1 N–H and O–H groups in total. The Morgan fingerprint density at radius 1 is 1.62 bits per heavy atom. The molecule has 1 aromatic rings. The van der Waals surface area contributed by atoms with E-state index in [1.54, 1.807) is 24.3 Å². The highest BCUT2D eigenvalue weighted by molar-refractivity contribution is 6.30. The Hall–Kier alpha value is -1.66. The van der Waals surface area contributed by atoms with Crippen LogP contribution in [0.1, 0.15) is 6.92 Å². The van der Waals surface area contributed by atoms with Crippen molar-refractivity contribution in [3.63, 3.8) is 0 Å². The van der Waals surface area contributed by atoms with E-state index < -0.39 is 0 Å². The van der Waals surface area contributed by atoms with Crippen LogP contribution < -0.4 is 5.32 Å². The monoisotopic (exact) mass is 236 g/mol. The van der Waals surface area contributed by atoms with Crippen LogP contribution in [-0.2, 0) is 0 Å². The summed E-state index contributed by atoms with van der Waals surface area (Å²) in [7, 11) is 0. The molecular formula is C12H13ClN2O. The van der Waals surface area contributed by atoms with E-state index in [4.69, 9.17) is 18.0 Å². The minimum atomic E-state index is -0.220. The summed E-state index contributed by atoms with van der Waals surface area (Å²) in [6.45, 7) is 2.73. The first kappa shape index (κ1) is 12.4. The van der Waals surface area contributed by atoms with Gasteiger partial charge in [-0.05, 0) is 25.1 Å². The molecule has 0 spiro atoms. The second kappa shape index (κ2) is 6.04. The summed E-state index contributed by atoms with van der Waals surface area (Å²) in [5.41, 5.74) is 0.660. The normalized spacial score (nSPS) is 9.31. The Labute approximate surface area is 100 Å². The highest BCUT2D eigenvalue weighted by atomic mass is 35.5. The average molecular weight is 237 g/mol. The van der Waals surface area contributed by atoms with E-state index >= 15 is 0 Å². The third-order valence-electron chi connectivity index (χ3n) is 2.03. The van der Waals surface area contributed by atoms with E-state index in [9.17, 15) is 4.79 Å². The largest absolute Gasteiger partial charge is 0.322 e. The van der Waals surface area contributed by atoms with Gasteiger partial charge in [0, 0.05) is 17.3 Å². The molecule has 0 aliphatic rings. The van der Waals surface area contributed by atoms with Gasteiger partial charge in [0.05, 0.1) is 6.54 Å². The quantitative estimate of drug-likeness (QED) is 0.805. The lowest BCUT2D eigenvalue weighted by Crippen LogP contribution is -2.35. The summed E-state index contributed by atoms with van der Waals surface area (Å²) in [6, 6.07) is 6.75. The van der Waals surface area contributed by atoms with Gasteiger partial charge in [0.25, 0.3) is 0 Å². The van der Waals surface area contributed by atoms with Crippen LogP contribution in [0.3, 0.4) is 0 Å². The number of anilines is 1. The second-order valence-electron chi connectivity index (χ2n) is 3.16. The van der Waals surface area contributed by atoms with E-state index in [1.165, 1.54) is 4.90 Å². The van der Waals surface area contributed by atoms with Crippen molar-refractivity contribution in [2.45, 2.75) is 6.92 Å². The molecule has 0 radical (unpaired) electrons. The molecule has 0 saturated carbocycles. The highest BCUT2D eigenvalue weighted by Crippen LogP contribution is 2.15. The fourth-order valence-corrected chi connectivity index (χ4v) is 1.40. The van der Waals surface area contributed by atoms with Crippen molar-refractivity contribution in [1.29, 1.82) is 0 Å². The number of hydrogen-bond acceptors (Lipinski definition) is 1. The van der Waals surface area contributed by atoms with Gasteiger partial charge in [-0.1, -0.05) is 23.6 Å². The molecule has 16 heavy (non-hydrogen) atoms. The number of benzene rings is 1. The van der Waals surface area contributed by atoms with Gasteiger partial charge in [-0.15, -0.1) is 6.42 Å². The van der Waals surface area contributed by atoms with Gasteiger partial charge in [-0.2, -0.15) is 0 Å². The van der Waals surface area contributed by atoms with Crippen LogP contribution in [-0.4, -0.2) is 24.0 Å². The predicted molar refractivity (Wildman–Crippen MR) is 66.6 cm³/mol. The smallest absolute Gasteiger partial charge is 0.314 e. The number of rotatable bonds is 3. The van der Waals surface area contributed by atoms with E-state index in [0.717, 1.165) is 0 Å². The van der Waals surface area contributed by atoms with Crippen LogP contribution in [0.2, 0.25) is 5.02 Å². The zero-order chi connectivity index (χ0) is 12.0. The van der Waals surface area contributed by atoms with Gasteiger partial charge >= 0.3 is 6.03 Å². The molecule has 0 unspecified atom stereocenters. The molecule has 3 nitrogen and oxygen atoms in total. The fourth-order valence-electron chi connectivity index (χ4n) is 1.21. The standard InChI is InChI=1S/C12H13ClN2O/c1-3-8-15(4-2)12(16)14-11-7-5-6-10(13)9-11/h1,5-7,9H,4,8H2,2H3,(H,14,16). The number of amides is 2. The number of terminal acetylenes is 1. The number of nitrogens with one attached hydrogen (secondary N) is 1. The topological polar surface area (TPSA) is 32.3 Å². The van der Waals surface area contributed by atoms with Gasteiger partial charge < -0.3 is 10.2 Å². The van der Waals surface area contributed by atoms with Gasteiger partial charge in [-0.3, -0.25) is 0 Å². The van der Waals surface area contributed by atoms with Crippen LogP contribution >= 0.6 is 11.6 Å². The molecule has 0 bridgehead atoms. The maximum atomic E-state index is 11.7. The Balaban J connectivity index is 2.67. The Morgan fingerprint density at radius 3 is 2.94 bits per heavy atom. The fraction of sp³-hybridized carbons (Fsp3) is 0.250. The number of carbonyl (C=O) groups excluding carboxylic acids is 1. The number of carbonyl (C=O) groups is 1. The predicted octanol–water partition coefficient (Wildman–Crippen LogP) is 2.83. The van der Waals surface area contributed by atoms with E-state index in [-0.39, 0.29) is 6.03 Å². The third-order valence-corrected chi connectivity index (χ3v) is 2.26. The van der Waals surface area contributed by atoms with Gasteiger partial charge in [0.2, 0.25) is 0 Å². The van der Waals surface area contributed by atoms with E-state index in [1.807, 2.05) is 6.92 Å². The summed E-state index contributed by atoms with van der Waals surface area (Å²) >= 11 is 5.81. The first-order valence-corrected chi connectivity index (χ1v) is 5.30. The number of urea groups is 1. The van der Waals surface area contributed by atoms with Crippen molar-refractivity contribution >= 4 is 23.3 Å². The SMILES string of the molecule is C#CCN(CC)C(=O)Nc1cccc(Cl)c1. The van der Waals surface area contributed by atoms with Crippen LogP contribution in [0, 0.1) is 12.3 Å². The average Bonchev–Trinajstić information content (AvgIpc) is 2.25. The minimum absolute atomic E-state index is 0.220. The molecule has 2 amide bonds. The van der Waals surface area contributed by atoms with Crippen molar-refractivity contribution in [3.05, 3.63) is 29.3 Å². The Kier molecular flexibility index (Phi) is 4.68. The molecule has 0 aromatic heterocycles. The molecule has 0 atom stereocenters. The maximum Gasteiger partial charge on any atom is 0.322 e. The van der Waals surface area contributed by atoms with E-state index in [0.29, 0.717) is 23.8 Å². The number of hydrogen-bond donors (Lipinski definition) is 1. The first-order chi connectivity index (χ1) is 7.67. The van der Waals surface area contributed by atoms with Crippen molar-refractivity contribution in [1.82, 2.24) is 4.90 Å². The first-order valence-electron chi connectivity index (χ1n) is 4.92. The summed E-state index contributed by atoms with van der Waals surface area (Å²) in [5, 5.41) is 3.31. The Bertz CT molecular complexity index is 412. The van der Waals surface area contributed by atoms with Crippen LogP contribution in [0.4, 0.5) is 10.5 Å². The number of halogens is 1. The summed E-state index contributed by atoms with van der Waals surface area (Å²) in [5.74, 6) is 2.44. The summed E-state index contributed by atoms with van der Waals surface area (Å²) < 4.78 is 0. The third kappa shape index (κ3) is 3.48. The molecular weight excluding hydrogens is 224 g/mol.